The van der Waals surface area contributed by atoms with Crippen molar-refractivity contribution >= 4 is 22.1 Å². The molecule has 5 rings (SSSR count). The molecule has 0 aliphatic heterocycles. The molecule has 0 saturated heterocycles. The Balaban J connectivity index is 1.68. The van der Waals surface area contributed by atoms with Crippen LogP contribution >= 0.6 is 0 Å². The van der Waals surface area contributed by atoms with Crippen LogP contribution in [0.25, 0.3) is 44.8 Å². The molecule has 0 unspecified atom stereocenters. The van der Waals surface area contributed by atoms with E-state index in [0.717, 1.165) is 33.2 Å². The molecule has 0 aliphatic carbocycles. The Bertz CT molecular complexity index is 1330. The van der Waals surface area contributed by atoms with Gasteiger partial charge in [0, 0.05) is 11.1 Å². The predicted molar refractivity (Wildman–Crippen MR) is 106 cm³/mol. The van der Waals surface area contributed by atoms with Crippen LogP contribution in [-0.4, -0.2) is 19.9 Å². The molecular weight excluding hydrogens is 348 g/mol. The topological polar surface area (TPSA) is 105 Å². The average Bonchev–Trinajstić information content (AvgIpc) is 3.36. The van der Waals surface area contributed by atoms with Gasteiger partial charge in [0.15, 0.2) is 0 Å². The van der Waals surface area contributed by atoms with Crippen LogP contribution in [0.2, 0.25) is 0 Å². The first-order chi connectivity index (χ1) is 13.7. The van der Waals surface area contributed by atoms with Crippen molar-refractivity contribution in [1.82, 2.24) is 19.9 Å². The molecule has 0 aliphatic rings. The molecule has 6 nitrogen and oxygen atoms in total. The summed E-state index contributed by atoms with van der Waals surface area (Å²) in [6, 6.07) is 22.9. The highest BCUT2D eigenvalue weighted by atomic mass is 14.9. The van der Waals surface area contributed by atoms with Gasteiger partial charge in [-0.25, -0.2) is 9.97 Å². The zero-order valence-electron chi connectivity index (χ0n) is 14.6. The van der Waals surface area contributed by atoms with Crippen LogP contribution in [0.5, 0.6) is 0 Å². The normalized spacial score (nSPS) is 10.8. The lowest BCUT2D eigenvalue weighted by Gasteiger charge is -2.04. The lowest BCUT2D eigenvalue weighted by Crippen LogP contribution is -1.88. The van der Waals surface area contributed by atoms with Crippen LogP contribution in [0.1, 0.15) is 11.1 Å². The lowest BCUT2D eigenvalue weighted by atomic mass is 10.1. The number of aromatic amines is 2. The third kappa shape index (κ3) is 2.49. The standard InChI is InChI=1S/C22H12N6/c23-11-13-5-7-17-19(9-13)27-21(25-17)15-3-1-2-4-16(15)22-26-18-8-6-14(12-24)10-20(18)28-22/h1-10H,(H,25,27)(H,26,28). The quantitative estimate of drug-likeness (QED) is 0.483. The molecule has 0 spiro atoms. The molecule has 0 bridgehead atoms. The minimum absolute atomic E-state index is 0.585. The number of nitriles is 2. The second-order valence-electron chi connectivity index (χ2n) is 6.40. The number of hydrogen-bond donors (Lipinski definition) is 2. The van der Waals surface area contributed by atoms with Gasteiger partial charge < -0.3 is 9.97 Å². The minimum atomic E-state index is 0.585. The highest BCUT2D eigenvalue weighted by Crippen LogP contribution is 2.31. The Morgan fingerprint density at radius 1 is 0.643 bits per heavy atom. The molecule has 2 heterocycles. The second kappa shape index (κ2) is 6.08. The van der Waals surface area contributed by atoms with Crippen LogP contribution in [0.3, 0.4) is 0 Å². The zero-order valence-corrected chi connectivity index (χ0v) is 14.6. The van der Waals surface area contributed by atoms with Gasteiger partial charge in [-0.3, -0.25) is 0 Å². The molecular formula is C22H12N6. The molecule has 28 heavy (non-hydrogen) atoms. The summed E-state index contributed by atoms with van der Waals surface area (Å²) < 4.78 is 0. The van der Waals surface area contributed by atoms with E-state index in [4.69, 9.17) is 10.5 Å². The molecule has 2 aromatic heterocycles. The fourth-order valence-electron chi connectivity index (χ4n) is 3.31. The van der Waals surface area contributed by atoms with E-state index >= 15 is 0 Å². The molecule has 0 fully saturated rings. The van der Waals surface area contributed by atoms with Crippen molar-refractivity contribution in [3.63, 3.8) is 0 Å². The Labute approximate surface area is 159 Å². The van der Waals surface area contributed by atoms with E-state index in [-0.39, 0.29) is 0 Å². The summed E-state index contributed by atoms with van der Waals surface area (Å²) in [6.07, 6.45) is 0. The summed E-state index contributed by atoms with van der Waals surface area (Å²) in [4.78, 5) is 16.0. The van der Waals surface area contributed by atoms with Crippen molar-refractivity contribution in [3.8, 4) is 34.9 Å². The van der Waals surface area contributed by atoms with Gasteiger partial charge in [-0.2, -0.15) is 10.5 Å². The van der Waals surface area contributed by atoms with Crippen molar-refractivity contribution in [2.24, 2.45) is 0 Å². The van der Waals surface area contributed by atoms with E-state index < -0.39 is 0 Å². The van der Waals surface area contributed by atoms with Crippen LogP contribution in [0.15, 0.2) is 60.7 Å². The van der Waals surface area contributed by atoms with Crippen LogP contribution in [0, 0.1) is 22.7 Å². The van der Waals surface area contributed by atoms with Crippen LogP contribution < -0.4 is 0 Å². The van der Waals surface area contributed by atoms with Gasteiger partial charge in [-0.15, -0.1) is 0 Å². The highest BCUT2D eigenvalue weighted by Gasteiger charge is 2.14. The molecule has 6 heteroatoms. The maximum atomic E-state index is 9.10. The summed E-state index contributed by atoms with van der Waals surface area (Å²) in [7, 11) is 0. The fraction of sp³-hybridized carbons (Fsp3) is 0. The first-order valence-electron chi connectivity index (χ1n) is 8.65. The maximum absolute atomic E-state index is 9.10. The third-order valence-electron chi connectivity index (χ3n) is 4.66. The fourth-order valence-corrected chi connectivity index (χ4v) is 3.31. The van der Waals surface area contributed by atoms with Crippen molar-refractivity contribution in [2.45, 2.75) is 0 Å². The monoisotopic (exact) mass is 360 g/mol. The van der Waals surface area contributed by atoms with Gasteiger partial charge in [0.1, 0.15) is 11.6 Å². The number of nitrogens with zero attached hydrogens (tertiary/aromatic N) is 4. The van der Waals surface area contributed by atoms with Gasteiger partial charge >= 0.3 is 0 Å². The molecule has 130 valence electrons. The number of aromatic nitrogens is 4. The van der Waals surface area contributed by atoms with Crippen LogP contribution in [-0.2, 0) is 0 Å². The van der Waals surface area contributed by atoms with E-state index in [1.54, 1.807) is 24.3 Å². The Morgan fingerprint density at radius 2 is 1.11 bits per heavy atom. The third-order valence-corrected chi connectivity index (χ3v) is 4.66. The smallest absolute Gasteiger partial charge is 0.139 e. The van der Waals surface area contributed by atoms with Crippen molar-refractivity contribution in [3.05, 3.63) is 71.8 Å². The number of rotatable bonds is 2. The largest absolute Gasteiger partial charge is 0.338 e. The highest BCUT2D eigenvalue weighted by molar-refractivity contribution is 5.87. The molecule has 3 aromatic carbocycles. The summed E-state index contributed by atoms with van der Waals surface area (Å²) in [5.74, 6) is 1.41. The first-order valence-corrected chi connectivity index (χ1v) is 8.65. The summed E-state index contributed by atoms with van der Waals surface area (Å²) in [5, 5.41) is 18.2. The van der Waals surface area contributed by atoms with Crippen LogP contribution in [0.4, 0.5) is 0 Å². The van der Waals surface area contributed by atoms with E-state index in [9.17, 15) is 0 Å². The van der Waals surface area contributed by atoms with E-state index in [1.807, 2.05) is 36.4 Å². The zero-order chi connectivity index (χ0) is 19.1. The van der Waals surface area contributed by atoms with Crippen molar-refractivity contribution in [2.75, 3.05) is 0 Å². The predicted octanol–water partition coefficient (Wildman–Crippen LogP) is 4.52. The first kappa shape index (κ1) is 15.8. The average molecular weight is 360 g/mol. The molecule has 0 atom stereocenters. The summed E-state index contributed by atoms with van der Waals surface area (Å²) in [6.45, 7) is 0. The summed E-state index contributed by atoms with van der Waals surface area (Å²) in [5.41, 5.74) is 6.19. The van der Waals surface area contributed by atoms with E-state index in [1.165, 1.54) is 0 Å². The Hall–Kier alpha value is -4.42. The molecule has 0 radical (unpaired) electrons. The van der Waals surface area contributed by atoms with Gasteiger partial charge in [-0.1, -0.05) is 24.3 Å². The number of imidazole rings is 2. The van der Waals surface area contributed by atoms with Crippen molar-refractivity contribution < 1.29 is 0 Å². The van der Waals surface area contributed by atoms with Gasteiger partial charge in [0.2, 0.25) is 0 Å². The second-order valence-corrected chi connectivity index (χ2v) is 6.40. The number of nitrogens with one attached hydrogen (secondary N) is 2. The molecule has 0 amide bonds. The maximum Gasteiger partial charge on any atom is 0.139 e. The number of H-pyrrole nitrogens is 2. The van der Waals surface area contributed by atoms with Gasteiger partial charge in [-0.05, 0) is 36.4 Å². The number of hydrogen-bond acceptors (Lipinski definition) is 4. The van der Waals surface area contributed by atoms with E-state index in [0.29, 0.717) is 22.8 Å². The lowest BCUT2D eigenvalue weighted by molar-refractivity contribution is 1.30. The van der Waals surface area contributed by atoms with E-state index in [2.05, 4.69) is 32.1 Å². The van der Waals surface area contributed by atoms with Crippen molar-refractivity contribution in [1.29, 1.82) is 10.5 Å². The SMILES string of the molecule is N#Cc1ccc2nc(-c3ccccc3-c3nc4ccc(C#N)cc4[nH]3)[nH]c2c1. The Kier molecular flexibility index (Phi) is 3.43. The Morgan fingerprint density at radius 3 is 1.54 bits per heavy atom. The van der Waals surface area contributed by atoms with Gasteiger partial charge in [0.25, 0.3) is 0 Å². The summed E-state index contributed by atoms with van der Waals surface area (Å²) >= 11 is 0. The minimum Gasteiger partial charge on any atom is -0.338 e. The number of benzene rings is 3. The van der Waals surface area contributed by atoms with Gasteiger partial charge in [0.05, 0.1) is 45.3 Å². The number of fused-ring (bicyclic) bond motifs is 2. The molecule has 5 aromatic rings. The molecule has 0 saturated carbocycles. The molecule has 2 N–H and O–H groups in total.